The third-order valence-corrected chi connectivity index (χ3v) is 9.70. The average molecular weight is 671 g/mol. The Kier molecular flexibility index (Phi) is 11.6. The van der Waals surface area contributed by atoms with E-state index in [0.29, 0.717) is 18.5 Å². The van der Waals surface area contributed by atoms with Gasteiger partial charge in [0, 0.05) is 35.1 Å². The van der Waals surface area contributed by atoms with E-state index in [1.54, 1.807) is 30.3 Å². The lowest BCUT2D eigenvalue weighted by atomic mass is 10.0. The summed E-state index contributed by atoms with van der Waals surface area (Å²) in [5.41, 5.74) is 1.68. The van der Waals surface area contributed by atoms with Crippen molar-refractivity contribution in [1.29, 1.82) is 0 Å². The van der Waals surface area contributed by atoms with Crippen LogP contribution < -0.4 is 9.62 Å². The van der Waals surface area contributed by atoms with E-state index in [2.05, 4.69) is 5.32 Å². The van der Waals surface area contributed by atoms with Crippen molar-refractivity contribution < 1.29 is 22.4 Å². The molecule has 0 fully saturated rings. The fourth-order valence-corrected chi connectivity index (χ4v) is 6.72. The molecule has 0 saturated carbocycles. The van der Waals surface area contributed by atoms with E-state index in [4.69, 9.17) is 23.2 Å². The summed E-state index contributed by atoms with van der Waals surface area (Å²) < 4.78 is 44.0. The first kappa shape index (κ1) is 34.0. The summed E-state index contributed by atoms with van der Waals surface area (Å²) in [7, 11) is -4.44. The maximum absolute atomic E-state index is 15.2. The van der Waals surface area contributed by atoms with Gasteiger partial charge in [-0.3, -0.25) is 13.9 Å². The number of nitrogens with one attached hydrogen (secondary N) is 1. The lowest BCUT2D eigenvalue weighted by Crippen LogP contribution is -2.53. The molecule has 4 rings (SSSR count). The molecule has 0 aromatic heterocycles. The molecule has 0 spiro atoms. The van der Waals surface area contributed by atoms with Gasteiger partial charge in [-0.25, -0.2) is 12.8 Å². The van der Waals surface area contributed by atoms with Crippen LogP contribution in [-0.4, -0.2) is 44.3 Å². The molecule has 0 unspecified atom stereocenters. The minimum absolute atomic E-state index is 0.119. The predicted octanol–water partition coefficient (Wildman–Crippen LogP) is 6.80. The second-order valence-corrected chi connectivity index (χ2v) is 13.2. The Balaban J connectivity index is 1.84. The monoisotopic (exact) mass is 669 g/mol. The fourth-order valence-electron chi connectivity index (χ4n) is 4.78. The highest BCUT2D eigenvalue weighted by Crippen LogP contribution is 2.30. The number of nitrogens with zero attached hydrogens (tertiary/aromatic N) is 2. The number of benzene rings is 4. The van der Waals surface area contributed by atoms with Gasteiger partial charge in [0.05, 0.1) is 10.6 Å². The van der Waals surface area contributed by atoms with Crippen LogP contribution in [0.2, 0.25) is 10.0 Å². The van der Waals surface area contributed by atoms with E-state index >= 15 is 4.39 Å². The number of halogens is 3. The third-order valence-electron chi connectivity index (χ3n) is 7.22. The van der Waals surface area contributed by atoms with Crippen LogP contribution in [0.3, 0.4) is 0 Å². The van der Waals surface area contributed by atoms with Gasteiger partial charge in [-0.05, 0) is 55.3 Å². The van der Waals surface area contributed by atoms with Crippen LogP contribution in [0.5, 0.6) is 0 Å². The molecule has 1 atom stereocenters. The number of rotatable bonds is 13. The van der Waals surface area contributed by atoms with Gasteiger partial charge < -0.3 is 10.2 Å². The number of amides is 2. The largest absolute Gasteiger partial charge is 0.354 e. The molecule has 7 nitrogen and oxygen atoms in total. The molecule has 4 aromatic carbocycles. The molecule has 4 aromatic rings. The van der Waals surface area contributed by atoms with Crippen molar-refractivity contribution in [3.8, 4) is 0 Å². The van der Waals surface area contributed by atoms with Gasteiger partial charge in [0.15, 0.2) is 0 Å². The molecule has 0 heterocycles. The molecule has 0 aliphatic rings. The minimum Gasteiger partial charge on any atom is -0.354 e. The number of carbonyl (C=O) groups is 2. The SMILES string of the molecule is CCCNC(=O)[C@H](Cc1ccccc1)N(Cc1c(Cl)cccc1Cl)C(=O)CN(c1ccccc1F)S(=O)(=O)c1ccc(C)cc1. The van der Waals surface area contributed by atoms with Crippen molar-refractivity contribution in [3.63, 3.8) is 0 Å². The van der Waals surface area contributed by atoms with Gasteiger partial charge in [0.2, 0.25) is 11.8 Å². The molecule has 0 aliphatic carbocycles. The van der Waals surface area contributed by atoms with Crippen molar-refractivity contribution >= 4 is 50.7 Å². The summed E-state index contributed by atoms with van der Waals surface area (Å²) >= 11 is 13.0. The Morgan fingerprint density at radius 2 is 1.49 bits per heavy atom. The lowest BCUT2D eigenvalue weighted by molar-refractivity contribution is -0.140. The number of carbonyl (C=O) groups excluding carboxylic acids is 2. The molecule has 1 N–H and O–H groups in total. The predicted molar refractivity (Wildman–Crippen MR) is 176 cm³/mol. The number of sulfonamides is 1. The molecule has 236 valence electrons. The number of para-hydroxylation sites is 1. The van der Waals surface area contributed by atoms with Crippen molar-refractivity contribution in [2.45, 2.75) is 44.2 Å². The Hall–Kier alpha value is -3.92. The van der Waals surface area contributed by atoms with Crippen LogP contribution in [0, 0.1) is 12.7 Å². The first-order valence-corrected chi connectivity index (χ1v) is 16.6. The minimum atomic E-state index is -4.44. The second kappa shape index (κ2) is 15.4. The normalized spacial score (nSPS) is 11.9. The maximum atomic E-state index is 15.2. The Labute approximate surface area is 273 Å². The zero-order valence-corrected chi connectivity index (χ0v) is 27.2. The zero-order chi connectivity index (χ0) is 32.6. The lowest BCUT2D eigenvalue weighted by Gasteiger charge is -2.34. The van der Waals surface area contributed by atoms with Gasteiger partial charge >= 0.3 is 0 Å². The summed E-state index contributed by atoms with van der Waals surface area (Å²) in [6.45, 7) is 3.07. The summed E-state index contributed by atoms with van der Waals surface area (Å²) in [5, 5.41) is 3.41. The first-order valence-electron chi connectivity index (χ1n) is 14.4. The van der Waals surface area contributed by atoms with Gasteiger partial charge in [-0.1, -0.05) is 96.4 Å². The van der Waals surface area contributed by atoms with E-state index in [9.17, 15) is 18.0 Å². The average Bonchev–Trinajstić information content (AvgIpc) is 3.02. The highest BCUT2D eigenvalue weighted by Gasteiger charge is 2.36. The Morgan fingerprint density at radius 1 is 0.867 bits per heavy atom. The molecule has 0 saturated heterocycles. The molecule has 2 amide bonds. The molecular formula is C34H34Cl2FN3O4S. The number of anilines is 1. The Bertz CT molecular complexity index is 1720. The number of hydrogen-bond donors (Lipinski definition) is 1. The summed E-state index contributed by atoms with van der Waals surface area (Å²) in [6.07, 6.45) is 0.776. The van der Waals surface area contributed by atoms with Crippen LogP contribution in [0.1, 0.15) is 30.0 Å². The summed E-state index contributed by atoms with van der Waals surface area (Å²) in [6, 6.07) is 24.3. The topological polar surface area (TPSA) is 86.8 Å². The molecule has 45 heavy (non-hydrogen) atoms. The van der Waals surface area contributed by atoms with Gasteiger partial charge in [-0.2, -0.15) is 0 Å². The molecule has 0 bridgehead atoms. The second-order valence-electron chi connectivity index (χ2n) is 10.5. The van der Waals surface area contributed by atoms with Crippen molar-refractivity contribution in [3.05, 3.63) is 130 Å². The number of hydrogen-bond acceptors (Lipinski definition) is 4. The fraction of sp³-hybridized carbons (Fsp3) is 0.235. The van der Waals surface area contributed by atoms with E-state index < -0.39 is 40.2 Å². The van der Waals surface area contributed by atoms with Gasteiger partial charge in [0.1, 0.15) is 18.4 Å². The van der Waals surface area contributed by atoms with Crippen LogP contribution in [0.25, 0.3) is 0 Å². The van der Waals surface area contributed by atoms with E-state index in [-0.39, 0.29) is 33.6 Å². The molecule has 0 aliphatic heterocycles. The zero-order valence-electron chi connectivity index (χ0n) is 24.9. The van der Waals surface area contributed by atoms with Crippen molar-refractivity contribution in [2.75, 3.05) is 17.4 Å². The highest BCUT2D eigenvalue weighted by atomic mass is 35.5. The third kappa shape index (κ3) is 8.42. The van der Waals surface area contributed by atoms with Crippen LogP contribution >= 0.6 is 23.2 Å². The van der Waals surface area contributed by atoms with Crippen molar-refractivity contribution in [2.24, 2.45) is 0 Å². The van der Waals surface area contributed by atoms with Crippen LogP contribution in [0.15, 0.2) is 102 Å². The van der Waals surface area contributed by atoms with Gasteiger partial charge in [-0.15, -0.1) is 0 Å². The highest BCUT2D eigenvalue weighted by molar-refractivity contribution is 7.92. The van der Waals surface area contributed by atoms with E-state index in [0.717, 1.165) is 21.5 Å². The van der Waals surface area contributed by atoms with Crippen LogP contribution in [-0.2, 0) is 32.6 Å². The van der Waals surface area contributed by atoms with E-state index in [1.807, 2.05) is 44.2 Å². The molecule has 0 radical (unpaired) electrons. The standard InChI is InChI=1S/C34H34Cl2FN3O4S/c1-3-20-38-34(42)32(21-25-10-5-4-6-11-25)39(22-27-28(35)12-9-13-29(27)36)33(41)23-40(31-15-8-7-14-30(31)37)45(43,44)26-18-16-24(2)17-19-26/h4-19,32H,3,20-23H2,1-2H3,(H,38,42)/t32-/m0/s1. The van der Waals surface area contributed by atoms with E-state index in [1.165, 1.54) is 35.2 Å². The molecule has 11 heteroatoms. The quantitative estimate of drug-likeness (QED) is 0.170. The maximum Gasteiger partial charge on any atom is 0.264 e. The van der Waals surface area contributed by atoms with Crippen molar-refractivity contribution in [1.82, 2.24) is 10.2 Å². The summed E-state index contributed by atoms with van der Waals surface area (Å²) in [5.74, 6) is -2.02. The first-order chi connectivity index (χ1) is 21.5. The smallest absolute Gasteiger partial charge is 0.264 e. The van der Waals surface area contributed by atoms with Crippen LogP contribution in [0.4, 0.5) is 10.1 Å². The van der Waals surface area contributed by atoms with Gasteiger partial charge in [0.25, 0.3) is 10.0 Å². The summed E-state index contributed by atoms with van der Waals surface area (Å²) in [4.78, 5) is 29.3. The molecular weight excluding hydrogens is 636 g/mol. The number of aryl methyl sites for hydroxylation is 1. The Morgan fingerprint density at radius 3 is 2.11 bits per heavy atom.